The van der Waals surface area contributed by atoms with E-state index in [2.05, 4.69) is 200 Å². The number of aryl methyl sites for hydroxylation is 1. The van der Waals surface area contributed by atoms with Crippen molar-refractivity contribution in [3.8, 4) is 39.5 Å². The minimum absolute atomic E-state index is 0. The summed E-state index contributed by atoms with van der Waals surface area (Å²) in [5, 5.41) is 7.73. The summed E-state index contributed by atoms with van der Waals surface area (Å²) in [6.45, 7) is 7.14. The van der Waals surface area contributed by atoms with E-state index in [0.717, 1.165) is 33.7 Å². The Labute approximate surface area is 413 Å². The fourth-order valence-electron chi connectivity index (χ4n) is 9.02. The molecule has 0 atom stereocenters. The number of thiophene rings is 1. The molecule has 0 aliphatic heterocycles. The summed E-state index contributed by atoms with van der Waals surface area (Å²) in [7, 11) is 0. The van der Waals surface area contributed by atoms with E-state index in [1.165, 1.54) is 80.1 Å². The van der Waals surface area contributed by atoms with Crippen LogP contribution in [-0.2, 0) is 20.1 Å². The van der Waals surface area contributed by atoms with E-state index in [-0.39, 0.29) is 20.1 Å². The van der Waals surface area contributed by atoms with Crippen LogP contribution in [0.2, 0.25) is 17.3 Å². The van der Waals surface area contributed by atoms with Gasteiger partial charge in [-0.15, -0.1) is 23.8 Å². The topological polar surface area (TPSA) is 30.7 Å². The second-order valence-electron chi connectivity index (χ2n) is 18.7. The second-order valence-corrected chi connectivity index (χ2v) is 30.4. The third-order valence-corrected chi connectivity index (χ3v) is 18.0. The predicted octanol–water partition coefficient (Wildman–Crippen LogP) is 16.5. The minimum atomic E-state index is -2.08. The molecule has 6 heteroatoms. The Kier molecular flexibility index (Phi) is 11.7. The van der Waals surface area contributed by atoms with Gasteiger partial charge in [0.15, 0.2) is 0 Å². The SMILES string of the molecule is CC(C)c1cc(-c2ccccc2)cc(C(C)C)c1-n1c(-c2[c-]cc3sc4c(ccc5c6ccccc6ccc54)c3c2)nc2ccccc21.[2H]C([2H])([2H])c1c[c-]c(-c2cc[c]([Ge]([CH3])([CH3])[CH3])cn2)cc1.[Ir]. The molecule has 11 aromatic rings. The molecule has 3 heterocycles. The zero-order valence-corrected chi connectivity index (χ0v) is 43.6. The minimum Gasteiger partial charge on any atom is 0 e. The molecule has 11 rings (SSSR count). The van der Waals surface area contributed by atoms with Gasteiger partial charge in [0.25, 0.3) is 0 Å². The van der Waals surface area contributed by atoms with Crippen LogP contribution in [0, 0.1) is 19.0 Å². The van der Waals surface area contributed by atoms with Crippen molar-refractivity contribution in [3.05, 3.63) is 193 Å². The molecule has 66 heavy (non-hydrogen) atoms. The normalized spacial score (nSPS) is 12.7. The number of rotatable bonds is 7. The Bertz CT molecular complexity index is 3560. The number of aromatic nitrogens is 3. The molecule has 0 saturated heterocycles. The van der Waals surface area contributed by atoms with Gasteiger partial charge in [-0.2, -0.15) is 11.3 Å². The number of hydrogen-bond donors (Lipinski definition) is 0. The number of para-hydroxylation sites is 2. The van der Waals surface area contributed by atoms with Gasteiger partial charge in [0, 0.05) is 30.5 Å². The van der Waals surface area contributed by atoms with Crippen LogP contribution < -0.4 is 4.40 Å². The monoisotopic (exact) mass is 1120 g/mol. The largest absolute Gasteiger partial charge is 0 e. The molecular weight excluding hydrogens is 1060 g/mol. The molecule has 329 valence electrons. The maximum atomic E-state index is 7.35. The molecule has 0 N–H and O–H groups in total. The third kappa shape index (κ3) is 8.59. The van der Waals surface area contributed by atoms with E-state index in [9.17, 15) is 0 Å². The Morgan fingerprint density at radius 1 is 0.621 bits per heavy atom. The van der Waals surface area contributed by atoms with Crippen molar-refractivity contribution in [1.29, 1.82) is 0 Å². The van der Waals surface area contributed by atoms with E-state index >= 15 is 0 Å². The first-order valence-corrected chi connectivity index (χ1v) is 30.7. The summed E-state index contributed by atoms with van der Waals surface area (Å²) in [6.07, 6.45) is 1.95. The summed E-state index contributed by atoms with van der Waals surface area (Å²) in [4.78, 5) is 9.81. The predicted molar refractivity (Wildman–Crippen MR) is 283 cm³/mol. The van der Waals surface area contributed by atoms with Gasteiger partial charge in [0.05, 0.1) is 16.9 Å². The number of pyridine rings is 1. The second kappa shape index (κ2) is 18.5. The molecule has 0 fully saturated rings. The molecule has 3 aromatic heterocycles. The first kappa shape index (κ1) is 41.7. The molecule has 1 radical (unpaired) electrons. The van der Waals surface area contributed by atoms with Crippen molar-refractivity contribution in [2.24, 2.45) is 0 Å². The van der Waals surface area contributed by atoms with E-state index in [4.69, 9.17) is 9.10 Å². The number of imidazole rings is 1. The van der Waals surface area contributed by atoms with Crippen molar-refractivity contribution >= 4 is 81.7 Å². The molecule has 0 amide bonds. The quantitative estimate of drug-likeness (QED) is 0.0905. The van der Waals surface area contributed by atoms with Gasteiger partial charge in [-0.05, 0) is 90.0 Å². The van der Waals surface area contributed by atoms with Crippen molar-refractivity contribution in [2.75, 3.05) is 0 Å². The summed E-state index contributed by atoms with van der Waals surface area (Å²) >= 11 is 0.0321. The smallest absolute Gasteiger partial charge is 0 e. The van der Waals surface area contributed by atoms with E-state index in [1.54, 1.807) is 12.1 Å². The fraction of sp³-hybridized carbons (Fsp3) is 0.167. The summed E-state index contributed by atoms with van der Waals surface area (Å²) in [5.74, 6) is 8.54. The Hall–Kier alpha value is -5.69. The molecular formula is C60H53GeIrN3S-2. The van der Waals surface area contributed by atoms with Gasteiger partial charge in [-0.25, -0.2) is 0 Å². The number of benzene rings is 8. The van der Waals surface area contributed by atoms with Crippen molar-refractivity contribution in [2.45, 2.75) is 63.7 Å². The van der Waals surface area contributed by atoms with Crippen LogP contribution in [0.5, 0.6) is 0 Å². The van der Waals surface area contributed by atoms with Crippen molar-refractivity contribution < 1.29 is 24.2 Å². The van der Waals surface area contributed by atoms with Crippen molar-refractivity contribution in [1.82, 2.24) is 14.5 Å². The molecule has 3 nitrogen and oxygen atoms in total. The summed E-state index contributed by atoms with van der Waals surface area (Å²) < 4.78 is 28.4. The molecule has 0 saturated carbocycles. The molecule has 0 spiro atoms. The van der Waals surface area contributed by atoms with Crippen LogP contribution in [0.3, 0.4) is 0 Å². The van der Waals surface area contributed by atoms with Gasteiger partial charge >= 0.3 is 110 Å². The molecule has 0 aliphatic rings. The van der Waals surface area contributed by atoms with Crippen molar-refractivity contribution in [3.63, 3.8) is 0 Å². The Balaban J connectivity index is 0.000000238. The average Bonchev–Trinajstić information content (AvgIpc) is 3.92. The van der Waals surface area contributed by atoms with E-state index in [0.29, 0.717) is 17.4 Å². The standard InChI is InChI=1S/C45H35N2S.C15H18GeN.Ir/c1-27(2)37-25-32(29-12-6-5-7-13-29)26-38(28(3)4)43(37)47-41-17-11-10-16-40(41)46-45(47)31-19-23-42-39(24-31)36-22-21-34-33-15-9-8-14-30(33)18-20-35(34)44(36)48-42;1-12-5-7-13(8-6-12)15-10-9-14(11-17-15)16(2,3)4;/h5-18,20-28H,1-4H3;5-7,9-11H,1-4H3;/q2*-1;/i;1D3;. The number of nitrogens with zero attached hydrogens (tertiary/aromatic N) is 3. The number of hydrogen-bond acceptors (Lipinski definition) is 3. The van der Waals surface area contributed by atoms with Crippen LogP contribution in [-0.4, -0.2) is 27.8 Å². The van der Waals surface area contributed by atoms with Crippen LogP contribution in [0.25, 0.3) is 92.2 Å². The van der Waals surface area contributed by atoms with Gasteiger partial charge in [-0.3, -0.25) is 4.98 Å². The van der Waals surface area contributed by atoms with Gasteiger partial charge in [-0.1, -0.05) is 124 Å². The summed E-state index contributed by atoms with van der Waals surface area (Å²) in [6, 6.07) is 62.2. The molecule has 0 unspecified atom stereocenters. The number of fused-ring (bicyclic) bond motifs is 8. The van der Waals surface area contributed by atoms with Gasteiger partial charge < -0.3 is 4.57 Å². The molecule has 0 aliphatic carbocycles. The Morgan fingerprint density at radius 3 is 2.00 bits per heavy atom. The third-order valence-electron chi connectivity index (χ3n) is 12.6. The first-order valence-electron chi connectivity index (χ1n) is 24.0. The fourth-order valence-corrected chi connectivity index (χ4v) is 12.4. The maximum absolute atomic E-state index is 7.35. The zero-order chi connectivity index (χ0) is 47.5. The molecule has 8 aromatic carbocycles. The first-order chi connectivity index (χ1) is 32.6. The van der Waals surface area contributed by atoms with Gasteiger partial charge in [0.2, 0.25) is 0 Å². The van der Waals surface area contributed by atoms with Crippen LogP contribution in [0.4, 0.5) is 0 Å². The van der Waals surface area contributed by atoms with Crippen LogP contribution in [0.15, 0.2) is 164 Å². The van der Waals surface area contributed by atoms with E-state index in [1.807, 2.05) is 23.6 Å². The Morgan fingerprint density at radius 2 is 1.30 bits per heavy atom. The average molecular weight is 1120 g/mol. The van der Waals surface area contributed by atoms with Gasteiger partial charge in [0.1, 0.15) is 0 Å². The summed E-state index contributed by atoms with van der Waals surface area (Å²) in [5.41, 5.74) is 11.5. The zero-order valence-electron chi connectivity index (χ0n) is 41.3. The molecule has 0 bridgehead atoms. The van der Waals surface area contributed by atoms with Crippen LogP contribution >= 0.6 is 11.3 Å². The maximum Gasteiger partial charge on any atom is 0 e. The van der Waals surface area contributed by atoms with Crippen LogP contribution in [0.1, 0.15) is 60.3 Å². The van der Waals surface area contributed by atoms with E-state index < -0.39 is 20.1 Å².